The second kappa shape index (κ2) is 2.97. The maximum absolute atomic E-state index is 8.31. The molecule has 0 heterocycles. The maximum Gasteiger partial charge on any atom is 0.0473 e. The Kier molecular flexibility index (Phi) is 1.82. The summed E-state index contributed by atoms with van der Waals surface area (Å²) in [5, 5.41) is 11.4. The quantitative estimate of drug-likeness (QED) is 0.402. The molecule has 0 aliphatic heterocycles. The van der Waals surface area contributed by atoms with E-state index in [0.29, 0.717) is 11.8 Å². The fourth-order valence-corrected chi connectivity index (χ4v) is 1.55. The highest BCUT2D eigenvalue weighted by atomic mass is 16.4. The van der Waals surface area contributed by atoms with Gasteiger partial charge in [0.1, 0.15) is 0 Å². The van der Waals surface area contributed by atoms with Crippen LogP contribution in [0.2, 0.25) is 0 Å². The van der Waals surface area contributed by atoms with Crippen molar-refractivity contribution in [2.45, 2.75) is 12.3 Å². The molecule has 12 heavy (non-hydrogen) atoms. The van der Waals surface area contributed by atoms with E-state index >= 15 is 0 Å². The van der Waals surface area contributed by atoms with Crippen molar-refractivity contribution in [3.05, 3.63) is 35.9 Å². The topological polar surface area (TPSA) is 32.6 Å². The molecule has 1 fully saturated rings. The van der Waals surface area contributed by atoms with E-state index in [1.165, 1.54) is 5.56 Å². The van der Waals surface area contributed by atoms with E-state index in [1.807, 2.05) is 18.2 Å². The SMILES string of the molecule is O/N=C/C1CC1c1ccccc1. The highest BCUT2D eigenvalue weighted by molar-refractivity contribution is 5.66. The van der Waals surface area contributed by atoms with Crippen molar-refractivity contribution in [2.75, 3.05) is 0 Å². The van der Waals surface area contributed by atoms with E-state index in [-0.39, 0.29) is 0 Å². The molecule has 0 spiro atoms. The molecule has 2 nitrogen and oxygen atoms in total. The lowest BCUT2D eigenvalue weighted by atomic mass is 10.1. The summed E-state index contributed by atoms with van der Waals surface area (Å²) in [6.45, 7) is 0. The molecule has 2 atom stereocenters. The van der Waals surface area contributed by atoms with Crippen molar-refractivity contribution in [2.24, 2.45) is 11.1 Å². The zero-order valence-electron chi connectivity index (χ0n) is 6.72. The second-order valence-electron chi connectivity index (χ2n) is 3.18. The van der Waals surface area contributed by atoms with Crippen LogP contribution in [0.3, 0.4) is 0 Å². The van der Waals surface area contributed by atoms with Crippen LogP contribution >= 0.6 is 0 Å². The first kappa shape index (κ1) is 7.35. The molecule has 1 aliphatic rings. The Hall–Kier alpha value is -1.31. The lowest BCUT2D eigenvalue weighted by Crippen LogP contribution is -1.83. The van der Waals surface area contributed by atoms with Crippen LogP contribution in [0.4, 0.5) is 0 Å². The van der Waals surface area contributed by atoms with Gasteiger partial charge in [0.2, 0.25) is 0 Å². The summed E-state index contributed by atoms with van der Waals surface area (Å²) < 4.78 is 0. The molecule has 1 aromatic carbocycles. The fraction of sp³-hybridized carbons (Fsp3) is 0.300. The number of benzene rings is 1. The molecule has 1 aromatic rings. The van der Waals surface area contributed by atoms with Gasteiger partial charge < -0.3 is 5.21 Å². The number of rotatable bonds is 2. The first-order chi connectivity index (χ1) is 5.92. The minimum absolute atomic E-state index is 0.456. The number of oxime groups is 1. The molecular formula is C10H11NO. The average molecular weight is 161 g/mol. The van der Waals surface area contributed by atoms with Crippen molar-refractivity contribution in [1.29, 1.82) is 0 Å². The molecular weight excluding hydrogens is 150 g/mol. The molecule has 2 rings (SSSR count). The molecule has 1 N–H and O–H groups in total. The standard InChI is InChI=1S/C10H11NO/c12-11-7-9-6-10(9)8-4-2-1-3-5-8/h1-5,7,9-10,12H,6H2/b11-7+. The van der Waals surface area contributed by atoms with Crippen LogP contribution in [0.1, 0.15) is 17.9 Å². The van der Waals surface area contributed by atoms with Crippen LogP contribution in [0.25, 0.3) is 0 Å². The Labute approximate surface area is 71.5 Å². The van der Waals surface area contributed by atoms with Crippen molar-refractivity contribution >= 4 is 6.21 Å². The first-order valence-corrected chi connectivity index (χ1v) is 4.14. The van der Waals surface area contributed by atoms with E-state index in [1.54, 1.807) is 6.21 Å². The van der Waals surface area contributed by atoms with Gasteiger partial charge in [-0.05, 0) is 17.9 Å². The van der Waals surface area contributed by atoms with Gasteiger partial charge in [-0.3, -0.25) is 0 Å². The molecule has 0 bridgehead atoms. The normalized spacial score (nSPS) is 27.7. The highest BCUT2D eigenvalue weighted by Crippen LogP contribution is 2.45. The van der Waals surface area contributed by atoms with E-state index < -0.39 is 0 Å². The predicted molar refractivity (Wildman–Crippen MR) is 47.6 cm³/mol. The summed E-state index contributed by atoms with van der Waals surface area (Å²) in [7, 11) is 0. The largest absolute Gasteiger partial charge is 0.411 e. The maximum atomic E-state index is 8.31. The Morgan fingerprint density at radius 1 is 1.33 bits per heavy atom. The van der Waals surface area contributed by atoms with E-state index in [4.69, 9.17) is 5.21 Å². The fourth-order valence-electron chi connectivity index (χ4n) is 1.55. The third kappa shape index (κ3) is 1.33. The van der Waals surface area contributed by atoms with Gasteiger partial charge in [0, 0.05) is 12.1 Å². The first-order valence-electron chi connectivity index (χ1n) is 4.14. The monoisotopic (exact) mass is 161 g/mol. The van der Waals surface area contributed by atoms with Crippen LogP contribution < -0.4 is 0 Å². The van der Waals surface area contributed by atoms with Gasteiger partial charge in [-0.1, -0.05) is 30.3 Å². The Bertz CT molecular complexity index is 281. The Morgan fingerprint density at radius 3 is 2.75 bits per heavy atom. The van der Waals surface area contributed by atoms with Gasteiger partial charge >= 0.3 is 0 Å². The lowest BCUT2D eigenvalue weighted by molar-refractivity contribution is 0.320. The van der Waals surface area contributed by atoms with Gasteiger partial charge in [0.05, 0.1) is 0 Å². The smallest absolute Gasteiger partial charge is 0.0473 e. The Morgan fingerprint density at radius 2 is 2.08 bits per heavy atom. The molecule has 2 unspecified atom stereocenters. The van der Waals surface area contributed by atoms with E-state index in [9.17, 15) is 0 Å². The van der Waals surface area contributed by atoms with Crippen molar-refractivity contribution in [3.8, 4) is 0 Å². The molecule has 2 heteroatoms. The van der Waals surface area contributed by atoms with Crippen molar-refractivity contribution < 1.29 is 5.21 Å². The minimum atomic E-state index is 0.456. The Balaban J connectivity index is 2.06. The van der Waals surface area contributed by atoms with Crippen LogP contribution in [0, 0.1) is 5.92 Å². The van der Waals surface area contributed by atoms with Crippen LogP contribution in [-0.4, -0.2) is 11.4 Å². The third-order valence-corrected chi connectivity index (χ3v) is 2.33. The summed E-state index contributed by atoms with van der Waals surface area (Å²) >= 11 is 0. The summed E-state index contributed by atoms with van der Waals surface area (Å²) in [6, 6.07) is 10.3. The summed E-state index contributed by atoms with van der Waals surface area (Å²) in [5.41, 5.74) is 1.35. The predicted octanol–water partition coefficient (Wildman–Crippen LogP) is 2.25. The molecule has 0 radical (unpaired) electrons. The van der Waals surface area contributed by atoms with E-state index in [0.717, 1.165) is 6.42 Å². The number of nitrogens with zero attached hydrogens (tertiary/aromatic N) is 1. The summed E-state index contributed by atoms with van der Waals surface area (Å²) in [5.74, 6) is 1.04. The van der Waals surface area contributed by atoms with Gasteiger partial charge in [-0.25, -0.2) is 0 Å². The van der Waals surface area contributed by atoms with Crippen LogP contribution in [0.5, 0.6) is 0 Å². The van der Waals surface area contributed by atoms with Gasteiger partial charge in [-0.2, -0.15) is 0 Å². The number of hydrogen-bond acceptors (Lipinski definition) is 2. The molecule has 1 saturated carbocycles. The molecule has 1 aliphatic carbocycles. The zero-order valence-corrected chi connectivity index (χ0v) is 6.72. The van der Waals surface area contributed by atoms with Gasteiger partial charge in [0.15, 0.2) is 0 Å². The summed E-state index contributed by atoms with van der Waals surface area (Å²) in [4.78, 5) is 0. The average Bonchev–Trinajstić information content (AvgIpc) is 2.87. The zero-order chi connectivity index (χ0) is 8.39. The molecule has 0 saturated heterocycles. The van der Waals surface area contributed by atoms with Crippen LogP contribution in [-0.2, 0) is 0 Å². The van der Waals surface area contributed by atoms with E-state index in [2.05, 4.69) is 17.3 Å². The molecule has 62 valence electrons. The third-order valence-electron chi connectivity index (χ3n) is 2.33. The van der Waals surface area contributed by atoms with Gasteiger partial charge in [0.25, 0.3) is 0 Å². The lowest BCUT2D eigenvalue weighted by Gasteiger charge is -1.94. The molecule has 0 aromatic heterocycles. The summed E-state index contributed by atoms with van der Waals surface area (Å²) in [6.07, 6.45) is 2.74. The second-order valence-corrected chi connectivity index (χ2v) is 3.18. The molecule has 0 amide bonds. The highest BCUT2D eigenvalue weighted by Gasteiger charge is 2.36. The van der Waals surface area contributed by atoms with Crippen molar-refractivity contribution in [3.63, 3.8) is 0 Å². The van der Waals surface area contributed by atoms with Crippen molar-refractivity contribution in [1.82, 2.24) is 0 Å². The number of hydrogen-bond donors (Lipinski definition) is 1. The van der Waals surface area contributed by atoms with Gasteiger partial charge in [-0.15, -0.1) is 5.16 Å². The minimum Gasteiger partial charge on any atom is -0.411 e. The van der Waals surface area contributed by atoms with Crippen LogP contribution in [0.15, 0.2) is 35.5 Å².